The maximum Gasteiger partial charge on any atom is 0.251 e. The Hall–Kier alpha value is -2.86. The van der Waals surface area contributed by atoms with Crippen molar-refractivity contribution in [1.29, 1.82) is 0 Å². The maximum atomic E-state index is 12.5. The Balaban J connectivity index is 1.57. The molecule has 2 N–H and O–H groups in total. The number of amides is 2. The number of carbonyl (C=O) groups excluding carboxylic acids is 2. The van der Waals surface area contributed by atoms with Gasteiger partial charge in [-0.15, -0.1) is 0 Å². The topological polar surface area (TPSA) is 70.7 Å². The van der Waals surface area contributed by atoms with E-state index < -0.39 is 0 Å². The molecule has 1 aliphatic carbocycles. The first-order chi connectivity index (χ1) is 13.1. The Labute approximate surface area is 159 Å². The van der Waals surface area contributed by atoms with Gasteiger partial charge in [-0.3, -0.25) is 14.5 Å². The second-order valence-electron chi connectivity index (χ2n) is 6.69. The van der Waals surface area contributed by atoms with Crippen molar-refractivity contribution in [3.8, 4) is 5.75 Å². The summed E-state index contributed by atoms with van der Waals surface area (Å²) in [6.07, 6.45) is 2.26. The number of hydrogen-bond donors (Lipinski definition) is 2. The number of ether oxygens (including phenoxy) is 1. The molecule has 6 heteroatoms. The van der Waals surface area contributed by atoms with Crippen molar-refractivity contribution in [1.82, 2.24) is 10.2 Å². The van der Waals surface area contributed by atoms with E-state index in [0.29, 0.717) is 23.8 Å². The number of rotatable bonds is 8. The summed E-state index contributed by atoms with van der Waals surface area (Å²) in [6, 6.07) is 15.3. The van der Waals surface area contributed by atoms with Crippen molar-refractivity contribution in [3.05, 3.63) is 59.7 Å². The smallest absolute Gasteiger partial charge is 0.251 e. The highest BCUT2D eigenvalue weighted by Crippen LogP contribution is 2.28. The van der Waals surface area contributed by atoms with Crippen LogP contribution >= 0.6 is 0 Å². The SMILES string of the molecule is CNC(=O)c1ccc(NC(=O)CN(Cc2ccc(OC)cc2)C2CC2)cc1. The van der Waals surface area contributed by atoms with E-state index in [1.807, 2.05) is 24.3 Å². The van der Waals surface area contributed by atoms with Gasteiger partial charge in [-0.05, 0) is 54.8 Å². The number of hydrogen-bond acceptors (Lipinski definition) is 4. The van der Waals surface area contributed by atoms with Gasteiger partial charge >= 0.3 is 0 Å². The van der Waals surface area contributed by atoms with Crippen LogP contribution in [0.1, 0.15) is 28.8 Å². The van der Waals surface area contributed by atoms with Gasteiger partial charge in [0, 0.05) is 30.9 Å². The van der Waals surface area contributed by atoms with Crippen LogP contribution in [0.4, 0.5) is 5.69 Å². The minimum Gasteiger partial charge on any atom is -0.497 e. The Morgan fingerprint density at radius 3 is 2.30 bits per heavy atom. The first-order valence-electron chi connectivity index (χ1n) is 9.08. The molecule has 3 rings (SSSR count). The zero-order valence-corrected chi connectivity index (χ0v) is 15.7. The lowest BCUT2D eigenvalue weighted by Gasteiger charge is -2.21. The number of carbonyl (C=O) groups is 2. The van der Waals surface area contributed by atoms with Gasteiger partial charge < -0.3 is 15.4 Å². The number of nitrogens with one attached hydrogen (secondary N) is 2. The van der Waals surface area contributed by atoms with E-state index in [2.05, 4.69) is 15.5 Å². The van der Waals surface area contributed by atoms with Crippen LogP contribution < -0.4 is 15.4 Å². The van der Waals surface area contributed by atoms with Gasteiger partial charge in [0.25, 0.3) is 5.91 Å². The van der Waals surface area contributed by atoms with Crippen molar-refractivity contribution in [2.24, 2.45) is 0 Å². The summed E-state index contributed by atoms with van der Waals surface area (Å²) < 4.78 is 5.19. The molecule has 0 radical (unpaired) electrons. The normalized spacial score (nSPS) is 13.3. The largest absolute Gasteiger partial charge is 0.497 e. The second-order valence-corrected chi connectivity index (χ2v) is 6.69. The summed E-state index contributed by atoms with van der Waals surface area (Å²) in [5, 5.41) is 5.49. The highest BCUT2D eigenvalue weighted by atomic mass is 16.5. The number of anilines is 1. The van der Waals surface area contributed by atoms with Crippen LogP contribution in [0.25, 0.3) is 0 Å². The van der Waals surface area contributed by atoms with Crippen LogP contribution in [0.5, 0.6) is 5.75 Å². The standard InChI is InChI=1S/C21H25N3O3/c1-22-21(26)16-5-7-17(8-6-16)23-20(25)14-24(18-9-10-18)13-15-3-11-19(27-2)12-4-15/h3-8,11-12,18H,9-10,13-14H2,1-2H3,(H,22,26)(H,23,25). The highest BCUT2D eigenvalue weighted by molar-refractivity contribution is 5.96. The van der Waals surface area contributed by atoms with E-state index in [1.165, 1.54) is 0 Å². The fraction of sp³-hybridized carbons (Fsp3) is 0.333. The summed E-state index contributed by atoms with van der Waals surface area (Å²) in [5.41, 5.74) is 2.41. The van der Waals surface area contributed by atoms with Gasteiger partial charge in [0.05, 0.1) is 13.7 Å². The van der Waals surface area contributed by atoms with E-state index in [-0.39, 0.29) is 11.8 Å². The molecule has 2 aromatic rings. The number of nitrogens with zero attached hydrogens (tertiary/aromatic N) is 1. The average Bonchev–Trinajstić information content (AvgIpc) is 3.53. The molecule has 27 heavy (non-hydrogen) atoms. The Morgan fingerprint density at radius 1 is 1.07 bits per heavy atom. The first kappa shape index (κ1) is 18.9. The summed E-state index contributed by atoms with van der Waals surface area (Å²) in [4.78, 5) is 26.2. The van der Waals surface area contributed by atoms with Crippen LogP contribution in [0.3, 0.4) is 0 Å². The molecular weight excluding hydrogens is 342 g/mol. The third-order valence-corrected chi connectivity index (χ3v) is 4.61. The van der Waals surface area contributed by atoms with E-state index in [9.17, 15) is 9.59 Å². The average molecular weight is 367 g/mol. The predicted octanol–water partition coefficient (Wildman–Crippen LogP) is 2.66. The Morgan fingerprint density at radius 2 is 1.74 bits per heavy atom. The van der Waals surface area contributed by atoms with E-state index in [4.69, 9.17) is 4.74 Å². The molecule has 0 bridgehead atoms. The summed E-state index contributed by atoms with van der Waals surface area (Å²) in [6.45, 7) is 1.07. The molecule has 1 aliphatic rings. The molecule has 1 fully saturated rings. The minimum atomic E-state index is -0.146. The van der Waals surface area contributed by atoms with Crippen molar-refractivity contribution < 1.29 is 14.3 Å². The zero-order valence-electron chi connectivity index (χ0n) is 15.7. The van der Waals surface area contributed by atoms with Crippen LogP contribution in [-0.4, -0.2) is 43.5 Å². The third kappa shape index (κ3) is 5.31. The molecule has 0 aromatic heterocycles. The number of benzene rings is 2. The molecule has 0 aliphatic heterocycles. The summed E-state index contributed by atoms with van der Waals surface area (Å²) >= 11 is 0. The quantitative estimate of drug-likeness (QED) is 0.753. The van der Waals surface area contributed by atoms with Gasteiger partial charge in [-0.2, -0.15) is 0 Å². The molecular formula is C21H25N3O3. The summed E-state index contributed by atoms with van der Waals surface area (Å²) in [5.74, 6) is 0.630. The lowest BCUT2D eigenvalue weighted by atomic mass is 10.2. The van der Waals surface area contributed by atoms with E-state index >= 15 is 0 Å². The van der Waals surface area contributed by atoms with Gasteiger partial charge in [-0.1, -0.05) is 12.1 Å². The van der Waals surface area contributed by atoms with Crippen molar-refractivity contribution >= 4 is 17.5 Å². The van der Waals surface area contributed by atoms with Gasteiger partial charge in [0.2, 0.25) is 5.91 Å². The molecule has 142 valence electrons. The Kier molecular flexibility index (Phi) is 6.08. The summed E-state index contributed by atoms with van der Waals surface area (Å²) in [7, 11) is 3.24. The van der Waals surface area contributed by atoms with Crippen molar-refractivity contribution in [2.45, 2.75) is 25.4 Å². The lowest BCUT2D eigenvalue weighted by molar-refractivity contribution is -0.117. The van der Waals surface area contributed by atoms with Crippen LogP contribution in [0, 0.1) is 0 Å². The van der Waals surface area contributed by atoms with Crippen molar-refractivity contribution in [3.63, 3.8) is 0 Å². The van der Waals surface area contributed by atoms with E-state index in [1.54, 1.807) is 38.4 Å². The minimum absolute atomic E-state index is 0.0527. The maximum absolute atomic E-state index is 12.5. The van der Waals surface area contributed by atoms with Crippen LogP contribution in [-0.2, 0) is 11.3 Å². The molecule has 2 amide bonds. The molecule has 6 nitrogen and oxygen atoms in total. The highest BCUT2D eigenvalue weighted by Gasteiger charge is 2.30. The van der Waals surface area contributed by atoms with Gasteiger partial charge in [0.15, 0.2) is 0 Å². The molecule has 0 heterocycles. The van der Waals surface area contributed by atoms with Crippen LogP contribution in [0.2, 0.25) is 0 Å². The predicted molar refractivity (Wildman–Crippen MR) is 105 cm³/mol. The fourth-order valence-corrected chi connectivity index (χ4v) is 2.95. The number of methoxy groups -OCH3 is 1. The molecule has 0 saturated heterocycles. The Bertz CT molecular complexity index is 783. The third-order valence-electron chi connectivity index (χ3n) is 4.61. The van der Waals surface area contributed by atoms with E-state index in [0.717, 1.165) is 30.7 Å². The molecule has 1 saturated carbocycles. The first-order valence-corrected chi connectivity index (χ1v) is 9.08. The van der Waals surface area contributed by atoms with Gasteiger partial charge in [-0.25, -0.2) is 0 Å². The van der Waals surface area contributed by atoms with Crippen molar-refractivity contribution in [2.75, 3.05) is 26.0 Å². The second kappa shape index (κ2) is 8.68. The molecule has 0 unspecified atom stereocenters. The van der Waals surface area contributed by atoms with Crippen LogP contribution in [0.15, 0.2) is 48.5 Å². The molecule has 0 atom stereocenters. The monoisotopic (exact) mass is 367 g/mol. The van der Waals surface area contributed by atoms with Gasteiger partial charge in [0.1, 0.15) is 5.75 Å². The molecule has 0 spiro atoms. The zero-order chi connectivity index (χ0) is 19.2. The lowest BCUT2D eigenvalue weighted by Crippen LogP contribution is -2.34. The molecule has 2 aromatic carbocycles. The fourth-order valence-electron chi connectivity index (χ4n) is 2.95.